The van der Waals surface area contributed by atoms with E-state index in [1.54, 1.807) is 21.6 Å². The highest BCUT2D eigenvalue weighted by molar-refractivity contribution is 8.76. The van der Waals surface area contributed by atoms with Crippen molar-refractivity contribution in [1.29, 1.82) is 0 Å². The lowest BCUT2D eigenvalue weighted by Gasteiger charge is -2.33. The highest BCUT2D eigenvalue weighted by Crippen LogP contribution is 2.38. The average molecular weight is 563 g/mol. The molecule has 0 unspecified atom stereocenters. The smallest absolute Gasteiger partial charge is 0.286 e. The van der Waals surface area contributed by atoms with Gasteiger partial charge in [0, 0.05) is 23.5 Å². The number of nitrogens with zero attached hydrogens (tertiary/aromatic N) is 4. The molecule has 0 fully saturated rings. The van der Waals surface area contributed by atoms with Crippen molar-refractivity contribution >= 4 is 49.6 Å². The van der Waals surface area contributed by atoms with Crippen molar-refractivity contribution in [3.05, 3.63) is 47.8 Å². The van der Waals surface area contributed by atoms with E-state index < -0.39 is 16.6 Å². The van der Waals surface area contributed by atoms with Crippen LogP contribution >= 0.6 is 21.6 Å². The maximum atomic E-state index is 5.99. The lowest BCUT2D eigenvalue weighted by atomic mass is 10.2. The Kier molecular flexibility index (Phi) is 10.1. The second-order valence-corrected chi connectivity index (χ2v) is 23.6. The van der Waals surface area contributed by atoms with Crippen molar-refractivity contribution in [2.45, 2.75) is 102 Å². The molecule has 0 aromatic carbocycles. The summed E-state index contributed by atoms with van der Waals surface area (Å²) in [4.78, 5) is 9.16. The Balaban J connectivity index is 1.96. The third kappa shape index (κ3) is 8.46. The van der Waals surface area contributed by atoms with Gasteiger partial charge in [-0.3, -0.25) is 0 Å². The molecule has 0 aliphatic carbocycles. The Morgan fingerprint density at radius 1 is 0.667 bits per heavy atom. The van der Waals surface area contributed by atoms with Crippen LogP contribution in [0.15, 0.2) is 57.0 Å². The van der Waals surface area contributed by atoms with Gasteiger partial charge in [-0.2, -0.15) is 0 Å². The van der Waals surface area contributed by atoms with Gasteiger partial charge in [-0.05, 0) is 96.0 Å². The van der Waals surface area contributed by atoms with Crippen LogP contribution in [0.25, 0.3) is 0 Å². The molecule has 0 radical (unpaired) electrons. The normalized spacial score (nSPS) is 14.1. The first-order valence-corrected chi connectivity index (χ1v) is 20.1. The fraction of sp³-hybridized carbons (Fsp3) is 0.538. The molecule has 0 saturated heterocycles. The van der Waals surface area contributed by atoms with Gasteiger partial charge >= 0.3 is 0 Å². The topological polar surface area (TPSA) is 69.0 Å². The van der Waals surface area contributed by atoms with Crippen molar-refractivity contribution < 1.29 is 9.05 Å². The van der Waals surface area contributed by atoms with E-state index in [2.05, 4.69) is 88.0 Å². The molecule has 2 rings (SSSR count). The number of pyridine rings is 2. The Labute approximate surface area is 227 Å². The van der Waals surface area contributed by atoms with Crippen molar-refractivity contribution in [2.24, 2.45) is 10.3 Å². The number of hydrogen-bond donors (Lipinski definition) is 0. The molecule has 10 heteroatoms. The van der Waals surface area contributed by atoms with Crippen LogP contribution in [-0.2, 0) is 9.05 Å². The van der Waals surface area contributed by atoms with Crippen molar-refractivity contribution in [2.75, 3.05) is 0 Å². The molecule has 0 amide bonds. The molecular weight excluding hydrogens is 521 g/mol. The van der Waals surface area contributed by atoms with Gasteiger partial charge in [0.25, 0.3) is 16.6 Å². The minimum Gasteiger partial charge on any atom is -0.455 e. The van der Waals surface area contributed by atoms with Crippen LogP contribution in [0.4, 0.5) is 0 Å². The molecule has 36 heavy (non-hydrogen) atoms. The molecule has 0 saturated carbocycles. The van der Waals surface area contributed by atoms with E-state index >= 15 is 0 Å². The second-order valence-electron chi connectivity index (χ2n) is 12.0. The summed E-state index contributed by atoms with van der Waals surface area (Å²) < 4.78 is 12.0. The fourth-order valence-corrected chi connectivity index (χ4v) is 5.11. The maximum absolute atomic E-state index is 5.99. The summed E-state index contributed by atoms with van der Waals surface area (Å²) in [6.07, 6.45) is 3.69. The van der Waals surface area contributed by atoms with Gasteiger partial charge in [-0.25, -0.2) is 9.97 Å². The van der Waals surface area contributed by atoms with Crippen molar-refractivity contribution in [3.63, 3.8) is 0 Å². The van der Waals surface area contributed by atoms with Crippen LogP contribution in [0.5, 0.6) is 0 Å². The summed E-state index contributed by atoms with van der Waals surface area (Å²) in [5, 5.41) is 10.9. The highest BCUT2D eigenvalue weighted by Gasteiger charge is 2.40. The minimum atomic E-state index is -1.93. The lowest BCUT2D eigenvalue weighted by molar-refractivity contribution is 0.308. The zero-order valence-electron chi connectivity index (χ0n) is 23.9. The van der Waals surface area contributed by atoms with Gasteiger partial charge in [0.05, 0.1) is 11.4 Å². The van der Waals surface area contributed by atoms with Gasteiger partial charge in [-0.1, -0.05) is 41.5 Å². The quantitative estimate of drug-likeness (QED) is 0.132. The molecule has 2 heterocycles. The minimum absolute atomic E-state index is 0.114. The zero-order valence-corrected chi connectivity index (χ0v) is 27.5. The lowest BCUT2D eigenvalue weighted by Crippen LogP contribution is -2.39. The summed E-state index contributed by atoms with van der Waals surface area (Å²) in [6.45, 7) is 25.9. The molecule has 6 nitrogen and oxygen atoms in total. The molecular formula is C26H42N4O2S2Si2. The maximum Gasteiger partial charge on any atom is 0.286 e. The van der Waals surface area contributed by atoms with E-state index in [9.17, 15) is 0 Å². The van der Waals surface area contributed by atoms with Gasteiger partial charge in [0.15, 0.2) is 0 Å². The van der Waals surface area contributed by atoms with Gasteiger partial charge < -0.3 is 9.05 Å². The summed E-state index contributed by atoms with van der Waals surface area (Å²) >= 11 is 0. The molecule has 2 aromatic rings. The second kappa shape index (κ2) is 11.8. The van der Waals surface area contributed by atoms with E-state index in [0.29, 0.717) is 0 Å². The van der Waals surface area contributed by atoms with Crippen LogP contribution in [0, 0.1) is 0 Å². The number of aromatic nitrogens is 2. The molecule has 0 aliphatic rings. The molecule has 0 bridgehead atoms. The Hall–Kier alpha value is -1.63. The monoisotopic (exact) mass is 562 g/mol. The standard InChI is InChI=1S/C26H42N4O2S2Si2/c1-19(29-31-35(9,10)25(3,4)5)21-13-15-23(27-17-21)33-34-24-16-14-22(18-28-24)20(2)30-32-36(11,12)26(6,7)8/h13-18H,1-12H3. The number of rotatable bonds is 9. The van der Waals surface area contributed by atoms with E-state index in [4.69, 9.17) is 9.05 Å². The SMILES string of the molecule is CC(=NO[Si](C)(C)C(C)(C)C)c1ccc(SSc2ccc(C(C)=NO[Si](C)(C)C(C)(C)C)cn2)nc1. The van der Waals surface area contributed by atoms with Crippen LogP contribution in [0.2, 0.25) is 36.3 Å². The van der Waals surface area contributed by atoms with E-state index in [1.165, 1.54) is 0 Å². The first-order valence-electron chi connectivity index (χ1n) is 12.2. The molecule has 198 valence electrons. The fourth-order valence-electron chi connectivity index (χ4n) is 2.12. The molecule has 0 spiro atoms. The van der Waals surface area contributed by atoms with E-state index in [1.807, 2.05) is 50.5 Å². The number of hydrogen-bond acceptors (Lipinski definition) is 8. The zero-order chi connectivity index (χ0) is 27.4. The van der Waals surface area contributed by atoms with Crippen molar-refractivity contribution in [1.82, 2.24) is 9.97 Å². The summed E-state index contributed by atoms with van der Waals surface area (Å²) in [5.74, 6) is 0. The van der Waals surface area contributed by atoms with Gasteiger partial charge in [0.1, 0.15) is 10.1 Å². The van der Waals surface area contributed by atoms with Crippen molar-refractivity contribution in [3.8, 4) is 0 Å². The van der Waals surface area contributed by atoms with Crippen LogP contribution in [-0.4, -0.2) is 38.0 Å². The van der Waals surface area contributed by atoms with E-state index in [-0.39, 0.29) is 10.1 Å². The highest BCUT2D eigenvalue weighted by atomic mass is 33.1. The summed E-state index contributed by atoms with van der Waals surface area (Å²) in [5.41, 5.74) is 3.59. The third-order valence-corrected chi connectivity index (χ3v) is 17.5. The molecule has 2 aromatic heterocycles. The Bertz CT molecular complexity index is 986. The average Bonchev–Trinajstić information content (AvgIpc) is 2.79. The largest absolute Gasteiger partial charge is 0.455 e. The molecule has 0 aliphatic heterocycles. The van der Waals surface area contributed by atoms with Gasteiger partial charge in [0.2, 0.25) is 0 Å². The Morgan fingerprint density at radius 2 is 1.00 bits per heavy atom. The first kappa shape index (κ1) is 30.6. The summed E-state index contributed by atoms with van der Waals surface area (Å²) in [7, 11) is -0.708. The van der Waals surface area contributed by atoms with Crippen LogP contribution in [0.3, 0.4) is 0 Å². The Morgan fingerprint density at radius 3 is 1.25 bits per heavy atom. The predicted octanol–water partition coefficient (Wildman–Crippen LogP) is 8.77. The molecule has 0 atom stereocenters. The number of oxime groups is 2. The summed E-state index contributed by atoms with van der Waals surface area (Å²) in [6, 6.07) is 8.06. The first-order chi connectivity index (χ1) is 16.4. The predicted molar refractivity (Wildman–Crippen MR) is 161 cm³/mol. The third-order valence-electron chi connectivity index (χ3n) is 6.95. The van der Waals surface area contributed by atoms with E-state index in [0.717, 1.165) is 32.6 Å². The van der Waals surface area contributed by atoms with Crippen LogP contribution < -0.4 is 0 Å². The molecule has 0 N–H and O–H groups in total. The van der Waals surface area contributed by atoms with Crippen LogP contribution in [0.1, 0.15) is 66.5 Å². The van der Waals surface area contributed by atoms with Gasteiger partial charge in [-0.15, -0.1) is 10.3 Å².